The van der Waals surface area contributed by atoms with Gasteiger partial charge in [0.1, 0.15) is 0 Å². The van der Waals surface area contributed by atoms with Gasteiger partial charge in [-0.15, -0.1) is 0 Å². The molecule has 21 heavy (non-hydrogen) atoms. The fourth-order valence-corrected chi connectivity index (χ4v) is 2.90. The summed E-state index contributed by atoms with van der Waals surface area (Å²) < 4.78 is 27.1. The van der Waals surface area contributed by atoms with Crippen molar-refractivity contribution in [1.82, 2.24) is 4.72 Å². The lowest BCUT2D eigenvalue weighted by Crippen LogP contribution is -2.22. The molecule has 0 heterocycles. The summed E-state index contributed by atoms with van der Waals surface area (Å²) >= 11 is 0. The molecule has 2 rings (SSSR count). The van der Waals surface area contributed by atoms with E-state index in [0.29, 0.717) is 5.56 Å². The number of allylic oxidation sites excluding steroid dienone is 1. The maximum absolute atomic E-state index is 12.3. The SMILES string of the molecule is CC(=O)/C=C(\NS(=O)(=O)c1ccccc1)c1ccccc1. The van der Waals surface area contributed by atoms with Crippen LogP contribution in [0, 0.1) is 0 Å². The monoisotopic (exact) mass is 301 g/mol. The van der Waals surface area contributed by atoms with Crippen LogP contribution in [0.4, 0.5) is 0 Å². The van der Waals surface area contributed by atoms with Gasteiger partial charge >= 0.3 is 0 Å². The molecule has 2 aromatic rings. The Kier molecular flexibility index (Phi) is 4.55. The molecule has 0 aliphatic carbocycles. The van der Waals surface area contributed by atoms with E-state index in [-0.39, 0.29) is 16.4 Å². The van der Waals surface area contributed by atoms with E-state index in [1.165, 1.54) is 25.1 Å². The van der Waals surface area contributed by atoms with E-state index in [0.717, 1.165) is 0 Å². The molecule has 0 aliphatic heterocycles. The van der Waals surface area contributed by atoms with Gasteiger partial charge in [-0.3, -0.25) is 9.52 Å². The van der Waals surface area contributed by atoms with E-state index in [1.807, 2.05) is 6.07 Å². The van der Waals surface area contributed by atoms with Crippen LogP contribution in [0.3, 0.4) is 0 Å². The van der Waals surface area contributed by atoms with Crippen LogP contribution < -0.4 is 4.72 Å². The predicted molar refractivity (Wildman–Crippen MR) is 81.9 cm³/mol. The van der Waals surface area contributed by atoms with Crippen LogP contribution in [-0.4, -0.2) is 14.2 Å². The highest BCUT2D eigenvalue weighted by Gasteiger charge is 2.16. The summed E-state index contributed by atoms with van der Waals surface area (Å²) in [5.74, 6) is -0.232. The molecule has 0 radical (unpaired) electrons. The van der Waals surface area contributed by atoms with Gasteiger partial charge in [-0.1, -0.05) is 48.5 Å². The fourth-order valence-electron chi connectivity index (χ4n) is 1.80. The largest absolute Gasteiger partial charge is 0.295 e. The minimum absolute atomic E-state index is 0.149. The van der Waals surface area contributed by atoms with Crippen molar-refractivity contribution in [2.75, 3.05) is 0 Å². The third kappa shape index (κ3) is 4.03. The van der Waals surface area contributed by atoms with Gasteiger partial charge in [-0.05, 0) is 24.6 Å². The summed E-state index contributed by atoms with van der Waals surface area (Å²) in [6.45, 7) is 1.37. The lowest BCUT2D eigenvalue weighted by molar-refractivity contribution is -0.112. The van der Waals surface area contributed by atoms with Crippen LogP contribution in [-0.2, 0) is 14.8 Å². The first-order valence-electron chi connectivity index (χ1n) is 6.34. The van der Waals surface area contributed by atoms with E-state index >= 15 is 0 Å². The number of carbonyl (C=O) groups is 1. The average Bonchev–Trinajstić information content (AvgIpc) is 2.48. The summed E-state index contributed by atoms with van der Waals surface area (Å²) in [5.41, 5.74) is 0.888. The molecule has 0 amide bonds. The van der Waals surface area contributed by atoms with Crippen LogP contribution in [0.15, 0.2) is 71.6 Å². The van der Waals surface area contributed by atoms with Crippen LogP contribution in [0.25, 0.3) is 5.70 Å². The molecule has 1 N–H and O–H groups in total. The topological polar surface area (TPSA) is 63.2 Å². The summed E-state index contributed by atoms with van der Waals surface area (Å²) in [7, 11) is -3.72. The molecular weight excluding hydrogens is 286 g/mol. The van der Waals surface area contributed by atoms with Gasteiger partial charge in [0.2, 0.25) is 0 Å². The van der Waals surface area contributed by atoms with Crippen molar-refractivity contribution in [2.45, 2.75) is 11.8 Å². The molecule has 0 aromatic heterocycles. The molecule has 0 bridgehead atoms. The molecule has 5 heteroatoms. The molecule has 2 aromatic carbocycles. The minimum Gasteiger partial charge on any atom is -0.295 e. The summed E-state index contributed by atoms with van der Waals surface area (Å²) in [6.07, 6.45) is 1.27. The first-order chi connectivity index (χ1) is 9.99. The van der Waals surface area contributed by atoms with Crippen LogP contribution in [0.1, 0.15) is 12.5 Å². The van der Waals surface area contributed by atoms with E-state index in [1.54, 1.807) is 42.5 Å². The van der Waals surface area contributed by atoms with Gasteiger partial charge in [0.25, 0.3) is 10.0 Å². The van der Waals surface area contributed by atoms with Crippen molar-refractivity contribution in [3.63, 3.8) is 0 Å². The smallest absolute Gasteiger partial charge is 0.261 e. The highest BCUT2D eigenvalue weighted by Crippen LogP contribution is 2.16. The van der Waals surface area contributed by atoms with Gasteiger partial charge in [-0.25, -0.2) is 8.42 Å². The van der Waals surface area contributed by atoms with Crippen molar-refractivity contribution < 1.29 is 13.2 Å². The second-order valence-electron chi connectivity index (χ2n) is 4.45. The first-order valence-corrected chi connectivity index (χ1v) is 7.83. The number of hydrogen-bond acceptors (Lipinski definition) is 3. The molecule has 0 saturated carbocycles. The molecule has 0 fully saturated rings. The van der Waals surface area contributed by atoms with Gasteiger partial charge in [0, 0.05) is 6.08 Å². The van der Waals surface area contributed by atoms with E-state index in [2.05, 4.69) is 4.72 Å². The fraction of sp³-hybridized carbons (Fsp3) is 0.0625. The van der Waals surface area contributed by atoms with E-state index in [4.69, 9.17) is 0 Å². The Morgan fingerprint density at radius 3 is 2.00 bits per heavy atom. The van der Waals surface area contributed by atoms with Crippen LogP contribution >= 0.6 is 0 Å². The lowest BCUT2D eigenvalue weighted by atomic mass is 10.1. The summed E-state index contributed by atoms with van der Waals surface area (Å²) in [5, 5.41) is 0. The maximum atomic E-state index is 12.3. The number of benzene rings is 2. The number of sulfonamides is 1. The average molecular weight is 301 g/mol. The molecule has 0 atom stereocenters. The number of ketones is 1. The zero-order valence-corrected chi connectivity index (χ0v) is 12.3. The molecule has 0 saturated heterocycles. The Morgan fingerprint density at radius 2 is 1.48 bits per heavy atom. The Balaban J connectivity index is 2.39. The highest BCUT2D eigenvalue weighted by molar-refractivity contribution is 7.89. The van der Waals surface area contributed by atoms with Gasteiger partial charge in [-0.2, -0.15) is 0 Å². The molecule has 4 nitrogen and oxygen atoms in total. The number of nitrogens with one attached hydrogen (secondary N) is 1. The number of carbonyl (C=O) groups excluding carboxylic acids is 1. The minimum atomic E-state index is -3.72. The standard InChI is InChI=1S/C16H15NO3S/c1-13(18)12-16(14-8-4-2-5-9-14)17-21(19,20)15-10-6-3-7-11-15/h2-12,17H,1H3/b16-12-. The molecule has 108 valence electrons. The molecule has 0 aliphatic rings. The third-order valence-corrected chi connectivity index (χ3v) is 4.11. The maximum Gasteiger partial charge on any atom is 0.261 e. The molecule has 0 spiro atoms. The Labute approximate surface area is 124 Å². The van der Waals surface area contributed by atoms with Gasteiger partial charge in [0.15, 0.2) is 5.78 Å². The molecular formula is C16H15NO3S. The third-order valence-electron chi connectivity index (χ3n) is 2.73. The second-order valence-corrected chi connectivity index (χ2v) is 6.14. The van der Waals surface area contributed by atoms with Crippen molar-refractivity contribution in [3.05, 3.63) is 72.3 Å². The number of rotatable bonds is 5. The normalized spacial score (nSPS) is 12.0. The second kappa shape index (κ2) is 6.37. The summed E-state index contributed by atoms with van der Waals surface area (Å²) in [4.78, 5) is 11.5. The van der Waals surface area contributed by atoms with E-state index in [9.17, 15) is 13.2 Å². The van der Waals surface area contributed by atoms with Gasteiger partial charge < -0.3 is 0 Å². The van der Waals surface area contributed by atoms with Crippen molar-refractivity contribution in [3.8, 4) is 0 Å². The zero-order valence-electron chi connectivity index (χ0n) is 11.5. The Morgan fingerprint density at radius 1 is 0.952 bits per heavy atom. The Hall–Kier alpha value is -2.40. The number of hydrogen-bond donors (Lipinski definition) is 1. The van der Waals surface area contributed by atoms with Crippen molar-refractivity contribution in [2.24, 2.45) is 0 Å². The molecule has 0 unspecified atom stereocenters. The van der Waals surface area contributed by atoms with Gasteiger partial charge in [0.05, 0.1) is 10.6 Å². The van der Waals surface area contributed by atoms with Crippen molar-refractivity contribution >= 4 is 21.5 Å². The Bertz CT molecular complexity index is 751. The zero-order chi connectivity index (χ0) is 15.3. The predicted octanol–water partition coefficient (Wildman–Crippen LogP) is 2.60. The van der Waals surface area contributed by atoms with E-state index < -0.39 is 10.0 Å². The first kappa shape index (κ1) is 15.0. The van der Waals surface area contributed by atoms with Crippen LogP contribution in [0.5, 0.6) is 0 Å². The van der Waals surface area contributed by atoms with Crippen LogP contribution in [0.2, 0.25) is 0 Å². The lowest BCUT2D eigenvalue weighted by Gasteiger charge is -2.12. The highest BCUT2D eigenvalue weighted by atomic mass is 32.2. The quantitative estimate of drug-likeness (QED) is 0.863. The van der Waals surface area contributed by atoms with Crippen molar-refractivity contribution in [1.29, 1.82) is 0 Å². The summed E-state index contributed by atoms with van der Waals surface area (Å²) in [6, 6.07) is 16.9.